The van der Waals surface area contributed by atoms with Crippen LogP contribution in [-0.4, -0.2) is 54.1 Å². The van der Waals surface area contributed by atoms with Gasteiger partial charge in [0.25, 0.3) is 11.6 Å². The minimum atomic E-state index is -0.488. The van der Waals surface area contributed by atoms with E-state index in [1.54, 1.807) is 18.2 Å². The highest BCUT2D eigenvalue weighted by Gasteiger charge is 2.21. The predicted octanol–water partition coefficient (Wildman–Crippen LogP) is 2.30. The molecule has 0 unspecified atom stereocenters. The van der Waals surface area contributed by atoms with E-state index >= 15 is 0 Å². The summed E-state index contributed by atoms with van der Waals surface area (Å²) >= 11 is 0. The molecule has 0 saturated carbocycles. The van der Waals surface area contributed by atoms with E-state index in [9.17, 15) is 20.0 Å². The Hall–Kier alpha value is -3.13. The number of non-ortho nitro benzene ring substituents is 1. The number of aromatic hydroxyl groups is 1. The van der Waals surface area contributed by atoms with Gasteiger partial charge >= 0.3 is 0 Å². The molecule has 0 aliphatic carbocycles. The van der Waals surface area contributed by atoms with E-state index in [0.717, 1.165) is 31.9 Å². The molecule has 2 aromatic carbocycles. The maximum absolute atomic E-state index is 12.5. The number of hydrogen-bond acceptors (Lipinski definition) is 6. The van der Waals surface area contributed by atoms with Gasteiger partial charge in [0.15, 0.2) is 0 Å². The molecule has 0 spiro atoms. The molecule has 8 nitrogen and oxygen atoms in total. The average molecular weight is 356 g/mol. The molecule has 0 radical (unpaired) electrons. The molecule has 136 valence electrons. The van der Waals surface area contributed by atoms with Gasteiger partial charge in [0, 0.05) is 43.9 Å². The molecule has 0 atom stereocenters. The number of nitrogens with zero attached hydrogens (tertiary/aromatic N) is 3. The van der Waals surface area contributed by atoms with Crippen LogP contribution in [0.4, 0.5) is 17.1 Å². The Morgan fingerprint density at radius 1 is 1.15 bits per heavy atom. The summed E-state index contributed by atoms with van der Waals surface area (Å²) in [7, 11) is 2.04. The quantitative estimate of drug-likeness (QED) is 0.644. The number of piperazine rings is 1. The van der Waals surface area contributed by atoms with Gasteiger partial charge in [-0.1, -0.05) is 6.07 Å². The number of rotatable bonds is 4. The van der Waals surface area contributed by atoms with E-state index in [1.807, 2.05) is 7.05 Å². The number of phenols is 1. The lowest BCUT2D eigenvalue weighted by Crippen LogP contribution is -2.44. The predicted molar refractivity (Wildman–Crippen MR) is 98.9 cm³/mol. The topological polar surface area (TPSA) is 99.0 Å². The van der Waals surface area contributed by atoms with E-state index in [0.29, 0.717) is 5.69 Å². The van der Waals surface area contributed by atoms with E-state index in [4.69, 9.17) is 0 Å². The number of benzene rings is 2. The molecule has 0 aromatic heterocycles. The summed E-state index contributed by atoms with van der Waals surface area (Å²) < 4.78 is 0. The first-order valence-electron chi connectivity index (χ1n) is 8.26. The molecule has 1 heterocycles. The number of anilines is 2. The minimum Gasteiger partial charge on any atom is -0.508 e. The monoisotopic (exact) mass is 356 g/mol. The highest BCUT2D eigenvalue weighted by atomic mass is 16.6. The fourth-order valence-electron chi connectivity index (χ4n) is 2.90. The molecule has 0 bridgehead atoms. The molecule has 2 N–H and O–H groups in total. The Morgan fingerprint density at radius 2 is 1.88 bits per heavy atom. The molecule has 8 heteroatoms. The van der Waals surface area contributed by atoms with E-state index in [2.05, 4.69) is 15.1 Å². The third-order valence-corrected chi connectivity index (χ3v) is 4.39. The number of phenolic OH excluding ortho intramolecular Hbond substituents is 1. The fourth-order valence-corrected chi connectivity index (χ4v) is 2.90. The maximum Gasteiger partial charge on any atom is 0.271 e. The Kier molecular flexibility index (Phi) is 5.04. The van der Waals surface area contributed by atoms with Gasteiger partial charge in [-0.2, -0.15) is 0 Å². The number of nitrogens with one attached hydrogen (secondary N) is 1. The summed E-state index contributed by atoms with van der Waals surface area (Å²) in [4.78, 5) is 27.5. The zero-order valence-corrected chi connectivity index (χ0v) is 14.4. The first-order valence-corrected chi connectivity index (χ1v) is 8.26. The molecule has 1 amide bonds. The number of likely N-dealkylation sites (N-methyl/N-ethyl adjacent to an activating group) is 1. The van der Waals surface area contributed by atoms with Crippen molar-refractivity contribution in [3.05, 3.63) is 58.1 Å². The summed E-state index contributed by atoms with van der Waals surface area (Å²) in [6, 6.07) is 10.4. The zero-order chi connectivity index (χ0) is 18.7. The van der Waals surface area contributed by atoms with Crippen molar-refractivity contribution in [3.8, 4) is 5.75 Å². The molecule has 1 fully saturated rings. The van der Waals surface area contributed by atoms with Crippen LogP contribution in [-0.2, 0) is 0 Å². The number of carbonyl (C=O) groups excluding carboxylic acids is 1. The normalized spacial score (nSPS) is 14.9. The molecule has 2 aromatic rings. The van der Waals surface area contributed by atoms with Crippen LogP contribution in [0.15, 0.2) is 42.5 Å². The van der Waals surface area contributed by atoms with Gasteiger partial charge < -0.3 is 20.2 Å². The molecule has 1 saturated heterocycles. The third-order valence-electron chi connectivity index (χ3n) is 4.39. The first-order chi connectivity index (χ1) is 12.4. The summed E-state index contributed by atoms with van der Waals surface area (Å²) in [6.07, 6.45) is 0. The molecule has 1 aliphatic rings. The molecule has 3 rings (SSSR count). The van der Waals surface area contributed by atoms with E-state index in [1.165, 1.54) is 24.3 Å². The van der Waals surface area contributed by atoms with Crippen LogP contribution >= 0.6 is 0 Å². The lowest BCUT2D eigenvalue weighted by molar-refractivity contribution is -0.384. The van der Waals surface area contributed by atoms with Crippen LogP contribution in [0.25, 0.3) is 0 Å². The van der Waals surface area contributed by atoms with Crippen molar-refractivity contribution in [2.75, 3.05) is 43.4 Å². The number of carbonyl (C=O) groups is 1. The lowest BCUT2D eigenvalue weighted by atomic mass is 10.1. The van der Waals surface area contributed by atoms with Crippen molar-refractivity contribution in [2.24, 2.45) is 0 Å². The summed E-state index contributed by atoms with van der Waals surface area (Å²) in [5.74, 6) is -0.451. The van der Waals surface area contributed by atoms with Crippen molar-refractivity contribution in [1.29, 1.82) is 0 Å². The van der Waals surface area contributed by atoms with Crippen LogP contribution in [0, 0.1) is 10.1 Å². The number of amides is 1. The van der Waals surface area contributed by atoms with Crippen molar-refractivity contribution in [3.63, 3.8) is 0 Å². The highest BCUT2D eigenvalue weighted by molar-refractivity contribution is 6.06. The van der Waals surface area contributed by atoms with Gasteiger partial charge in [-0.05, 0) is 31.3 Å². The van der Waals surface area contributed by atoms with Gasteiger partial charge in [-0.15, -0.1) is 0 Å². The third kappa shape index (κ3) is 3.92. The largest absolute Gasteiger partial charge is 0.508 e. The average Bonchev–Trinajstić information content (AvgIpc) is 2.62. The number of nitro benzene ring substituents is 1. The standard InChI is InChI=1S/C18H20N4O4/c1-20-7-9-21(10-8-20)17-6-5-14(22(25)26)12-16(17)19-18(24)13-3-2-4-15(23)11-13/h2-6,11-12,23H,7-10H2,1H3,(H,19,24). The van der Waals surface area contributed by atoms with Crippen molar-refractivity contribution < 1.29 is 14.8 Å². The Balaban J connectivity index is 1.91. The Bertz CT molecular complexity index is 832. The van der Waals surface area contributed by atoms with Crippen LogP contribution in [0.5, 0.6) is 5.75 Å². The van der Waals surface area contributed by atoms with Crippen LogP contribution < -0.4 is 10.2 Å². The zero-order valence-electron chi connectivity index (χ0n) is 14.4. The smallest absolute Gasteiger partial charge is 0.271 e. The maximum atomic E-state index is 12.5. The second-order valence-corrected chi connectivity index (χ2v) is 6.25. The summed E-state index contributed by atoms with van der Waals surface area (Å²) in [5, 5.41) is 23.4. The Morgan fingerprint density at radius 3 is 2.54 bits per heavy atom. The number of nitro groups is 1. The van der Waals surface area contributed by atoms with Crippen LogP contribution in [0.3, 0.4) is 0 Å². The highest BCUT2D eigenvalue weighted by Crippen LogP contribution is 2.31. The lowest BCUT2D eigenvalue weighted by Gasteiger charge is -2.35. The second kappa shape index (κ2) is 7.40. The molecular weight excluding hydrogens is 336 g/mol. The van der Waals surface area contributed by atoms with Crippen molar-refractivity contribution >= 4 is 23.0 Å². The summed E-state index contributed by atoms with van der Waals surface area (Å²) in [6.45, 7) is 3.28. The van der Waals surface area contributed by atoms with Gasteiger partial charge in [0.1, 0.15) is 5.75 Å². The molecule has 1 aliphatic heterocycles. The SMILES string of the molecule is CN1CCN(c2ccc([N+](=O)[O-])cc2NC(=O)c2cccc(O)c2)CC1. The Labute approximate surface area is 150 Å². The van der Waals surface area contributed by atoms with E-state index in [-0.39, 0.29) is 17.0 Å². The van der Waals surface area contributed by atoms with Gasteiger partial charge in [0.2, 0.25) is 0 Å². The van der Waals surface area contributed by atoms with Gasteiger partial charge in [0.05, 0.1) is 16.3 Å². The first kappa shape index (κ1) is 17.7. The number of hydrogen-bond donors (Lipinski definition) is 2. The second-order valence-electron chi connectivity index (χ2n) is 6.25. The van der Waals surface area contributed by atoms with E-state index < -0.39 is 10.8 Å². The van der Waals surface area contributed by atoms with Gasteiger partial charge in [-0.3, -0.25) is 14.9 Å². The van der Waals surface area contributed by atoms with Gasteiger partial charge in [-0.25, -0.2) is 0 Å². The van der Waals surface area contributed by atoms with Crippen LogP contribution in [0.1, 0.15) is 10.4 Å². The molecular formula is C18H20N4O4. The van der Waals surface area contributed by atoms with Crippen molar-refractivity contribution in [1.82, 2.24) is 4.90 Å². The van der Waals surface area contributed by atoms with Crippen molar-refractivity contribution in [2.45, 2.75) is 0 Å². The van der Waals surface area contributed by atoms with Crippen LogP contribution in [0.2, 0.25) is 0 Å². The molecule has 26 heavy (non-hydrogen) atoms. The minimum absolute atomic E-state index is 0.0176. The summed E-state index contributed by atoms with van der Waals surface area (Å²) in [5.41, 5.74) is 1.32. The fraction of sp³-hybridized carbons (Fsp3) is 0.278.